The lowest BCUT2D eigenvalue weighted by Crippen LogP contribution is -2.40. The number of carbonyl (C=O) groups is 1. The number of nitrogens with zero attached hydrogens (tertiary/aromatic N) is 2. The summed E-state index contributed by atoms with van der Waals surface area (Å²) in [5, 5.41) is 6.10. The topological polar surface area (TPSA) is 47.6 Å². The number of nitrogens with one attached hydrogen (secondary N) is 2. The van der Waals surface area contributed by atoms with E-state index in [-0.39, 0.29) is 12.1 Å². The first-order chi connectivity index (χ1) is 12.5. The highest BCUT2D eigenvalue weighted by Crippen LogP contribution is 2.25. The zero-order valence-electron chi connectivity index (χ0n) is 15.8. The lowest BCUT2D eigenvalue weighted by atomic mass is 10.1. The van der Waals surface area contributed by atoms with Crippen LogP contribution in [0, 0.1) is 0 Å². The normalized spacial score (nSPS) is 18.3. The van der Waals surface area contributed by atoms with Gasteiger partial charge in [0.05, 0.1) is 11.4 Å². The molecule has 0 aliphatic carbocycles. The molecule has 1 saturated heterocycles. The highest BCUT2D eigenvalue weighted by Gasteiger charge is 2.27. The molecule has 0 saturated carbocycles. The van der Waals surface area contributed by atoms with Crippen LogP contribution in [-0.4, -0.2) is 44.2 Å². The Labute approximate surface area is 156 Å². The molecule has 1 aliphatic heterocycles. The van der Waals surface area contributed by atoms with Crippen molar-refractivity contribution < 1.29 is 4.79 Å². The number of hydrogen-bond acceptors (Lipinski definition) is 3. The van der Waals surface area contributed by atoms with Crippen LogP contribution in [0.25, 0.3) is 0 Å². The van der Waals surface area contributed by atoms with E-state index in [4.69, 9.17) is 0 Å². The van der Waals surface area contributed by atoms with Gasteiger partial charge in [0, 0.05) is 39.3 Å². The summed E-state index contributed by atoms with van der Waals surface area (Å²) in [4.78, 5) is 16.8. The van der Waals surface area contributed by atoms with Gasteiger partial charge >= 0.3 is 6.03 Å². The molecule has 0 radical (unpaired) electrons. The Bertz CT molecular complexity index is 732. The predicted octanol–water partition coefficient (Wildman–Crippen LogP) is 3.71. The molecule has 1 fully saturated rings. The number of para-hydroxylation sites is 2. The third-order valence-corrected chi connectivity index (χ3v) is 5.02. The Hall–Kier alpha value is -2.53. The number of amides is 2. The lowest BCUT2D eigenvalue weighted by molar-refractivity contribution is 0.241. The third-order valence-electron chi connectivity index (χ3n) is 5.02. The largest absolute Gasteiger partial charge is 0.376 e. The Kier molecular flexibility index (Phi) is 5.78. The first-order valence-electron chi connectivity index (χ1n) is 9.17. The fraction of sp³-hybridized carbons (Fsp3) is 0.381. The van der Waals surface area contributed by atoms with E-state index in [9.17, 15) is 4.79 Å². The van der Waals surface area contributed by atoms with Crippen LogP contribution >= 0.6 is 0 Å². The molecule has 0 bridgehead atoms. The molecule has 1 heterocycles. The quantitative estimate of drug-likeness (QED) is 0.862. The lowest BCUT2D eigenvalue weighted by Gasteiger charge is -2.25. The highest BCUT2D eigenvalue weighted by molar-refractivity contribution is 5.93. The molecule has 5 heteroatoms. The Balaban J connectivity index is 1.55. The van der Waals surface area contributed by atoms with Gasteiger partial charge < -0.3 is 15.5 Å². The second kappa shape index (κ2) is 8.23. The van der Waals surface area contributed by atoms with Gasteiger partial charge in [0.25, 0.3) is 0 Å². The molecule has 2 aromatic carbocycles. The van der Waals surface area contributed by atoms with Gasteiger partial charge in [-0.25, -0.2) is 4.79 Å². The Morgan fingerprint density at radius 1 is 1.12 bits per heavy atom. The Morgan fingerprint density at radius 2 is 1.81 bits per heavy atom. The number of urea groups is 1. The van der Waals surface area contributed by atoms with Crippen LogP contribution in [0.15, 0.2) is 54.6 Å². The number of hydrogen-bond donors (Lipinski definition) is 2. The average molecular weight is 352 g/mol. The molecule has 2 aromatic rings. The van der Waals surface area contributed by atoms with E-state index >= 15 is 0 Å². The maximum atomic E-state index is 12.4. The molecule has 5 nitrogen and oxygen atoms in total. The minimum Gasteiger partial charge on any atom is -0.376 e. The van der Waals surface area contributed by atoms with Crippen molar-refractivity contribution in [3.05, 3.63) is 60.2 Å². The summed E-state index contributed by atoms with van der Waals surface area (Å²) in [7, 11) is 3.94. The molecular weight excluding hydrogens is 324 g/mol. The second-order valence-corrected chi connectivity index (χ2v) is 7.08. The zero-order chi connectivity index (χ0) is 18.5. The number of anilines is 2. The van der Waals surface area contributed by atoms with Gasteiger partial charge in [-0.2, -0.15) is 0 Å². The minimum atomic E-state index is -0.140. The summed E-state index contributed by atoms with van der Waals surface area (Å²) in [6.45, 7) is 4.10. The van der Waals surface area contributed by atoms with Crippen LogP contribution in [0.3, 0.4) is 0 Å². The van der Waals surface area contributed by atoms with Gasteiger partial charge in [0.15, 0.2) is 0 Å². The van der Waals surface area contributed by atoms with Crippen molar-refractivity contribution >= 4 is 17.4 Å². The molecule has 2 amide bonds. The van der Waals surface area contributed by atoms with E-state index in [1.807, 2.05) is 49.3 Å². The van der Waals surface area contributed by atoms with Crippen LogP contribution in [-0.2, 0) is 0 Å². The monoisotopic (exact) mass is 352 g/mol. The third kappa shape index (κ3) is 4.35. The SMILES string of the molecule is C[C@H](c1ccccc1)N1CC[C@H](NC(=O)Nc2ccccc2N(C)C)C1. The van der Waals surface area contributed by atoms with Gasteiger partial charge in [0.1, 0.15) is 0 Å². The average Bonchev–Trinajstić information content (AvgIpc) is 3.10. The number of rotatable bonds is 5. The van der Waals surface area contributed by atoms with E-state index < -0.39 is 0 Å². The first-order valence-corrected chi connectivity index (χ1v) is 9.17. The fourth-order valence-electron chi connectivity index (χ4n) is 3.51. The van der Waals surface area contributed by atoms with Crippen LogP contribution in [0.1, 0.15) is 24.9 Å². The van der Waals surface area contributed by atoms with E-state index in [2.05, 4.69) is 46.7 Å². The summed E-state index contributed by atoms with van der Waals surface area (Å²) in [6, 6.07) is 18.7. The maximum Gasteiger partial charge on any atom is 0.319 e. The summed E-state index contributed by atoms with van der Waals surface area (Å²) >= 11 is 0. The van der Waals surface area contributed by atoms with Gasteiger partial charge in [-0.15, -0.1) is 0 Å². The van der Waals surface area contributed by atoms with Crippen molar-refractivity contribution in [2.75, 3.05) is 37.4 Å². The van der Waals surface area contributed by atoms with Crippen molar-refractivity contribution in [3.63, 3.8) is 0 Å². The molecule has 2 N–H and O–H groups in total. The van der Waals surface area contributed by atoms with Gasteiger partial charge in [0.2, 0.25) is 0 Å². The van der Waals surface area contributed by atoms with Crippen molar-refractivity contribution in [3.8, 4) is 0 Å². The standard InChI is InChI=1S/C21H28N4O/c1-16(17-9-5-4-6-10-17)25-14-13-18(15-25)22-21(26)23-19-11-7-8-12-20(19)24(2)3/h4-12,16,18H,13-15H2,1-3H3,(H2,22,23,26)/t16-,18+/m1/s1. The van der Waals surface area contributed by atoms with Crippen LogP contribution in [0.5, 0.6) is 0 Å². The minimum absolute atomic E-state index is 0.140. The van der Waals surface area contributed by atoms with Crippen LogP contribution in [0.2, 0.25) is 0 Å². The second-order valence-electron chi connectivity index (χ2n) is 7.08. The predicted molar refractivity (Wildman–Crippen MR) is 108 cm³/mol. The molecule has 1 aliphatic rings. The number of likely N-dealkylation sites (tertiary alicyclic amines) is 1. The summed E-state index contributed by atoms with van der Waals surface area (Å²) in [6.07, 6.45) is 0.972. The van der Waals surface area contributed by atoms with Crippen molar-refractivity contribution in [2.45, 2.75) is 25.4 Å². The highest BCUT2D eigenvalue weighted by atomic mass is 16.2. The van der Waals surface area contributed by atoms with Crippen molar-refractivity contribution in [1.82, 2.24) is 10.2 Å². The molecule has 0 spiro atoms. The van der Waals surface area contributed by atoms with Gasteiger partial charge in [-0.1, -0.05) is 42.5 Å². The molecule has 2 atom stereocenters. The Morgan fingerprint density at radius 3 is 2.54 bits per heavy atom. The number of benzene rings is 2. The molecule has 138 valence electrons. The van der Waals surface area contributed by atoms with E-state index in [1.54, 1.807) is 0 Å². The van der Waals surface area contributed by atoms with E-state index in [1.165, 1.54) is 5.56 Å². The molecule has 3 rings (SSSR count). The molecule has 26 heavy (non-hydrogen) atoms. The van der Waals surface area contributed by atoms with Crippen LogP contribution < -0.4 is 15.5 Å². The maximum absolute atomic E-state index is 12.4. The van der Waals surface area contributed by atoms with Gasteiger partial charge in [-0.05, 0) is 31.0 Å². The van der Waals surface area contributed by atoms with Crippen molar-refractivity contribution in [1.29, 1.82) is 0 Å². The summed E-state index contributed by atoms with van der Waals surface area (Å²) in [5.41, 5.74) is 3.13. The summed E-state index contributed by atoms with van der Waals surface area (Å²) in [5.74, 6) is 0. The molecular formula is C21H28N4O. The van der Waals surface area contributed by atoms with Gasteiger partial charge in [-0.3, -0.25) is 4.90 Å². The smallest absolute Gasteiger partial charge is 0.319 e. The first kappa shape index (κ1) is 18.3. The van der Waals surface area contributed by atoms with E-state index in [0.717, 1.165) is 30.9 Å². The fourth-order valence-corrected chi connectivity index (χ4v) is 3.51. The van der Waals surface area contributed by atoms with Crippen molar-refractivity contribution in [2.24, 2.45) is 0 Å². The summed E-state index contributed by atoms with van der Waals surface area (Å²) < 4.78 is 0. The number of carbonyl (C=O) groups excluding carboxylic acids is 1. The zero-order valence-corrected chi connectivity index (χ0v) is 15.8. The molecule has 0 unspecified atom stereocenters. The van der Waals surface area contributed by atoms with Crippen LogP contribution in [0.4, 0.5) is 16.2 Å². The molecule has 0 aromatic heterocycles. The van der Waals surface area contributed by atoms with E-state index in [0.29, 0.717) is 6.04 Å².